The van der Waals surface area contributed by atoms with Crippen LogP contribution in [0.4, 0.5) is 0 Å². The number of hydrogen-bond acceptors (Lipinski definition) is 4. The minimum atomic E-state index is 0.611. The molecule has 0 bridgehead atoms. The quantitative estimate of drug-likeness (QED) is 0.571. The van der Waals surface area contributed by atoms with Crippen LogP contribution in [0.3, 0.4) is 0 Å². The Kier molecular flexibility index (Phi) is 7.95. The van der Waals surface area contributed by atoms with Gasteiger partial charge in [0.05, 0.1) is 20.8 Å². The molecule has 0 aliphatic carbocycles. The minimum Gasteiger partial charge on any atom is -0.497 e. The van der Waals surface area contributed by atoms with Crippen molar-refractivity contribution in [1.29, 1.82) is 0 Å². The molecule has 27 heavy (non-hydrogen) atoms. The number of rotatable bonds is 8. The Hall–Kier alpha value is -2.73. The molecule has 2 rings (SSSR count). The lowest BCUT2D eigenvalue weighted by Gasteiger charge is -2.23. The molecule has 0 fully saturated rings. The van der Waals surface area contributed by atoms with Gasteiger partial charge in [0, 0.05) is 45.9 Å². The van der Waals surface area contributed by atoms with Crippen molar-refractivity contribution in [2.45, 2.75) is 19.7 Å². The molecular formula is C21H29N3O3. The van der Waals surface area contributed by atoms with E-state index in [1.54, 1.807) is 28.4 Å². The third-order valence-electron chi connectivity index (χ3n) is 4.23. The second kappa shape index (κ2) is 10.4. The van der Waals surface area contributed by atoms with Crippen molar-refractivity contribution in [3.63, 3.8) is 0 Å². The second-order valence-corrected chi connectivity index (χ2v) is 6.19. The molecule has 0 aliphatic rings. The second-order valence-electron chi connectivity index (χ2n) is 6.19. The molecule has 0 aliphatic heterocycles. The molecule has 2 aromatic rings. The molecule has 0 atom stereocenters. The number of hydrogen-bond donors (Lipinski definition) is 1. The van der Waals surface area contributed by atoms with Crippen LogP contribution < -0.4 is 14.8 Å². The highest BCUT2D eigenvalue weighted by atomic mass is 16.5. The standard InChI is InChI=1S/C21H29N3O3/c1-22-21(23-13-16-7-6-8-17(11-16)15-25-3)24(2)14-18-9-10-19(26-4)12-20(18)27-5/h6-12H,13-15H2,1-5H3,(H,22,23). The van der Waals surface area contributed by atoms with Crippen LogP contribution >= 0.6 is 0 Å². The maximum atomic E-state index is 5.49. The molecule has 2 aromatic carbocycles. The number of ether oxygens (including phenoxy) is 3. The molecule has 0 amide bonds. The summed E-state index contributed by atoms with van der Waals surface area (Å²) in [6.07, 6.45) is 0. The van der Waals surface area contributed by atoms with Crippen molar-refractivity contribution >= 4 is 5.96 Å². The van der Waals surface area contributed by atoms with Gasteiger partial charge >= 0.3 is 0 Å². The molecule has 0 saturated heterocycles. The van der Waals surface area contributed by atoms with Crippen molar-refractivity contribution in [2.24, 2.45) is 4.99 Å². The number of benzene rings is 2. The smallest absolute Gasteiger partial charge is 0.193 e. The molecule has 1 N–H and O–H groups in total. The molecule has 6 nitrogen and oxygen atoms in total. The van der Waals surface area contributed by atoms with Gasteiger partial charge in [0.2, 0.25) is 0 Å². The van der Waals surface area contributed by atoms with Gasteiger partial charge in [-0.2, -0.15) is 0 Å². The Morgan fingerprint density at radius 2 is 1.81 bits per heavy atom. The van der Waals surface area contributed by atoms with Gasteiger partial charge in [0.15, 0.2) is 5.96 Å². The van der Waals surface area contributed by atoms with Crippen LogP contribution in [0.15, 0.2) is 47.5 Å². The van der Waals surface area contributed by atoms with Crippen LogP contribution in [-0.2, 0) is 24.4 Å². The topological polar surface area (TPSA) is 55.3 Å². The minimum absolute atomic E-state index is 0.611. The lowest BCUT2D eigenvalue weighted by atomic mass is 10.1. The number of methoxy groups -OCH3 is 3. The summed E-state index contributed by atoms with van der Waals surface area (Å²) in [5, 5.41) is 3.40. The molecular weight excluding hydrogens is 342 g/mol. The third kappa shape index (κ3) is 5.89. The van der Waals surface area contributed by atoms with Gasteiger partial charge in [-0.05, 0) is 23.3 Å². The van der Waals surface area contributed by atoms with E-state index in [4.69, 9.17) is 14.2 Å². The Labute approximate surface area is 161 Å². The van der Waals surface area contributed by atoms with Crippen molar-refractivity contribution in [3.05, 3.63) is 59.2 Å². The lowest BCUT2D eigenvalue weighted by Crippen LogP contribution is -2.38. The van der Waals surface area contributed by atoms with E-state index in [0.29, 0.717) is 19.7 Å². The van der Waals surface area contributed by atoms with Crippen molar-refractivity contribution < 1.29 is 14.2 Å². The molecule has 0 spiro atoms. The first-order valence-electron chi connectivity index (χ1n) is 8.80. The Balaban J connectivity index is 2.02. The summed E-state index contributed by atoms with van der Waals surface area (Å²) in [4.78, 5) is 6.45. The van der Waals surface area contributed by atoms with Crippen molar-refractivity contribution in [2.75, 3.05) is 35.4 Å². The molecule has 0 saturated carbocycles. The SMILES string of the molecule is CN=C(NCc1cccc(COC)c1)N(C)Cc1ccc(OC)cc1OC. The predicted molar refractivity (Wildman–Crippen MR) is 108 cm³/mol. The van der Waals surface area contributed by atoms with Gasteiger partial charge in [-0.3, -0.25) is 4.99 Å². The molecule has 146 valence electrons. The van der Waals surface area contributed by atoms with E-state index in [9.17, 15) is 0 Å². The fourth-order valence-corrected chi connectivity index (χ4v) is 2.87. The Bertz CT molecular complexity index is 762. The van der Waals surface area contributed by atoms with E-state index in [1.165, 1.54) is 5.56 Å². The van der Waals surface area contributed by atoms with Crippen LogP contribution in [0.2, 0.25) is 0 Å². The summed E-state index contributed by atoms with van der Waals surface area (Å²) in [5.74, 6) is 2.38. The highest BCUT2D eigenvalue weighted by Gasteiger charge is 2.11. The number of nitrogens with zero attached hydrogens (tertiary/aromatic N) is 2. The summed E-state index contributed by atoms with van der Waals surface area (Å²) in [5.41, 5.74) is 3.40. The normalized spacial score (nSPS) is 11.2. The Morgan fingerprint density at radius 1 is 1.04 bits per heavy atom. The zero-order valence-electron chi connectivity index (χ0n) is 16.8. The molecule has 0 radical (unpaired) electrons. The predicted octanol–water partition coefficient (Wildman–Crippen LogP) is 3.06. The van der Waals surface area contributed by atoms with E-state index in [1.807, 2.05) is 31.3 Å². The van der Waals surface area contributed by atoms with Crippen molar-refractivity contribution in [1.82, 2.24) is 10.2 Å². The van der Waals surface area contributed by atoms with Gasteiger partial charge in [-0.25, -0.2) is 0 Å². The average Bonchev–Trinajstić information content (AvgIpc) is 2.69. The summed E-state index contributed by atoms with van der Waals surface area (Å²) >= 11 is 0. The number of aliphatic imine (C=N–C) groups is 1. The van der Waals surface area contributed by atoms with Crippen LogP contribution in [0.25, 0.3) is 0 Å². The van der Waals surface area contributed by atoms with Gasteiger partial charge in [0.1, 0.15) is 11.5 Å². The molecule has 0 unspecified atom stereocenters. The summed E-state index contributed by atoms with van der Waals surface area (Å²) in [6.45, 7) is 1.96. The zero-order chi connectivity index (χ0) is 19.6. The summed E-state index contributed by atoms with van der Waals surface area (Å²) < 4.78 is 15.9. The van der Waals surface area contributed by atoms with E-state index in [2.05, 4.69) is 33.4 Å². The van der Waals surface area contributed by atoms with Crippen molar-refractivity contribution in [3.8, 4) is 11.5 Å². The first kappa shape index (κ1) is 20.6. The summed E-state index contributed by atoms with van der Waals surface area (Å²) in [6, 6.07) is 14.2. The highest BCUT2D eigenvalue weighted by Crippen LogP contribution is 2.25. The molecule has 0 heterocycles. The fourth-order valence-electron chi connectivity index (χ4n) is 2.87. The van der Waals surface area contributed by atoms with E-state index in [-0.39, 0.29) is 0 Å². The van der Waals surface area contributed by atoms with E-state index >= 15 is 0 Å². The van der Waals surface area contributed by atoms with Crippen LogP contribution in [0, 0.1) is 0 Å². The highest BCUT2D eigenvalue weighted by molar-refractivity contribution is 5.79. The van der Waals surface area contributed by atoms with Gasteiger partial charge in [0.25, 0.3) is 0 Å². The summed E-state index contributed by atoms with van der Waals surface area (Å²) in [7, 11) is 8.80. The fraction of sp³-hybridized carbons (Fsp3) is 0.381. The average molecular weight is 371 g/mol. The monoisotopic (exact) mass is 371 g/mol. The van der Waals surface area contributed by atoms with E-state index < -0.39 is 0 Å². The van der Waals surface area contributed by atoms with Crippen LogP contribution in [0.5, 0.6) is 11.5 Å². The third-order valence-corrected chi connectivity index (χ3v) is 4.23. The van der Waals surface area contributed by atoms with E-state index in [0.717, 1.165) is 28.6 Å². The lowest BCUT2D eigenvalue weighted by molar-refractivity contribution is 0.185. The van der Waals surface area contributed by atoms with Gasteiger partial charge in [-0.15, -0.1) is 0 Å². The van der Waals surface area contributed by atoms with Crippen LogP contribution in [0.1, 0.15) is 16.7 Å². The molecule has 6 heteroatoms. The Morgan fingerprint density at radius 3 is 2.48 bits per heavy atom. The zero-order valence-corrected chi connectivity index (χ0v) is 16.8. The molecule has 0 aromatic heterocycles. The first-order chi connectivity index (χ1) is 13.1. The van der Waals surface area contributed by atoms with Gasteiger partial charge < -0.3 is 24.4 Å². The number of guanidine groups is 1. The largest absolute Gasteiger partial charge is 0.497 e. The maximum absolute atomic E-state index is 5.49. The van der Waals surface area contributed by atoms with Gasteiger partial charge in [-0.1, -0.05) is 24.3 Å². The first-order valence-corrected chi connectivity index (χ1v) is 8.80. The van der Waals surface area contributed by atoms with Crippen LogP contribution in [-0.4, -0.2) is 46.3 Å². The maximum Gasteiger partial charge on any atom is 0.193 e. The number of nitrogens with one attached hydrogen (secondary N) is 1.